The van der Waals surface area contributed by atoms with E-state index >= 15 is 0 Å². The van der Waals surface area contributed by atoms with Crippen LogP contribution in [0, 0.1) is 6.92 Å². The molecule has 0 radical (unpaired) electrons. The molecule has 0 saturated heterocycles. The van der Waals surface area contributed by atoms with E-state index in [1.165, 1.54) is 17.8 Å². The van der Waals surface area contributed by atoms with Crippen LogP contribution in [0.2, 0.25) is 0 Å². The minimum atomic E-state index is -4.41. The maximum Gasteiger partial charge on any atom is 0.416 e. The van der Waals surface area contributed by atoms with Crippen LogP contribution in [-0.2, 0) is 11.0 Å². The number of pyridine rings is 1. The van der Waals surface area contributed by atoms with Crippen LogP contribution in [0.25, 0.3) is 11.2 Å². The van der Waals surface area contributed by atoms with Crippen LogP contribution in [0.4, 0.5) is 30.4 Å². The number of hydrogen-bond donors (Lipinski definition) is 3. The molecule has 1 aromatic carbocycles. The second kappa shape index (κ2) is 6.87. The van der Waals surface area contributed by atoms with Gasteiger partial charge in [-0.1, -0.05) is 0 Å². The maximum absolute atomic E-state index is 12.9. The van der Waals surface area contributed by atoms with E-state index in [0.29, 0.717) is 39.7 Å². The van der Waals surface area contributed by atoms with Crippen molar-refractivity contribution >= 4 is 46.5 Å². The molecule has 6 nitrogen and oxygen atoms in total. The Kier molecular flexibility index (Phi) is 4.77. The molecule has 3 N–H and O–H groups in total. The number of amides is 1. The highest BCUT2D eigenvalue weighted by molar-refractivity contribution is 7.98. The van der Waals surface area contributed by atoms with Gasteiger partial charge < -0.3 is 15.6 Å². The van der Waals surface area contributed by atoms with E-state index in [0.717, 1.165) is 12.1 Å². The molecule has 0 aliphatic heterocycles. The number of halogens is 3. The Hall–Kier alpha value is -2.75. The normalized spacial score (nSPS) is 11.6. The third-order valence-corrected chi connectivity index (χ3v) is 4.36. The van der Waals surface area contributed by atoms with Crippen molar-refractivity contribution in [2.24, 2.45) is 0 Å². The number of aryl methyl sites for hydroxylation is 1. The monoisotopic (exact) mass is 381 g/mol. The van der Waals surface area contributed by atoms with Crippen molar-refractivity contribution in [1.82, 2.24) is 15.0 Å². The number of nitrogens with zero attached hydrogens (tertiary/aromatic N) is 2. The molecule has 0 fully saturated rings. The molecule has 0 bridgehead atoms. The van der Waals surface area contributed by atoms with E-state index in [-0.39, 0.29) is 5.82 Å². The lowest BCUT2D eigenvalue weighted by molar-refractivity contribution is -0.137. The molecule has 3 rings (SSSR count). The first kappa shape index (κ1) is 18.1. The van der Waals surface area contributed by atoms with Crippen molar-refractivity contribution in [3.05, 3.63) is 35.7 Å². The predicted octanol–water partition coefficient (Wildman–Crippen LogP) is 4.32. The number of carbonyl (C=O) groups excluding carboxylic acids is 1. The van der Waals surface area contributed by atoms with Crippen LogP contribution >= 0.6 is 11.8 Å². The van der Waals surface area contributed by atoms with Gasteiger partial charge in [-0.25, -0.2) is 9.97 Å². The summed E-state index contributed by atoms with van der Waals surface area (Å²) in [5.74, 6) is 0.899. The van der Waals surface area contributed by atoms with E-state index in [1.807, 2.05) is 0 Å². The van der Waals surface area contributed by atoms with Gasteiger partial charge in [0.2, 0.25) is 6.41 Å². The molecule has 3 aromatic rings. The van der Waals surface area contributed by atoms with Crippen LogP contribution in [0.15, 0.2) is 29.2 Å². The summed E-state index contributed by atoms with van der Waals surface area (Å²) in [6, 6.07) is 5.06. The van der Waals surface area contributed by atoms with Crippen molar-refractivity contribution in [2.45, 2.75) is 18.0 Å². The summed E-state index contributed by atoms with van der Waals surface area (Å²) in [6.07, 6.45) is -2.22. The van der Waals surface area contributed by atoms with Crippen molar-refractivity contribution in [2.75, 3.05) is 16.9 Å². The Balaban J connectivity index is 2.06. The van der Waals surface area contributed by atoms with Gasteiger partial charge >= 0.3 is 6.18 Å². The quantitative estimate of drug-likeness (QED) is 0.453. The Bertz CT molecular complexity index is 970. The van der Waals surface area contributed by atoms with E-state index in [2.05, 4.69) is 25.6 Å². The zero-order valence-electron chi connectivity index (χ0n) is 13.7. The standard InChI is InChI=1S/C16H14F3N5OS/c1-8-21-14-11(6-13(20-7-25)24-15(14)22-8)23-10-4-3-9(16(17,18)19)5-12(10)26-2/h3-7H,1-2H3,(H3,20,21,22,23,24,25). The summed E-state index contributed by atoms with van der Waals surface area (Å²) in [5, 5.41) is 5.56. The van der Waals surface area contributed by atoms with Crippen LogP contribution in [0.3, 0.4) is 0 Å². The molecule has 0 aliphatic carbocycles. The number of benzene rings is 1. The van der Waals surface area contributed by atoms with Crippen LogP contribution in [0.1, 0.15) is 11.4 Å². The fourth-order valence-electron chi connectivity index (χ4n) is 2.45. The number of rotatable bonds is 5. The van der Waals surface area contributed by atoms with Gasteiger partial charge in [0.15, 0.2) is 5.65 Å². The fourth-order valence-corrected chi connectivity index (χ4v) is 3.04. The highest BCUT2D eigenvalue weighted by atomic mass is 32.2. The third kappa shape index (κ3) is 3.59. The molecule has 0 spiro atoms. The van der Waals surface area contributed by atoms with E-state index in [1.54, 1.807) is 19.2 Å². The molecular formula is C16H14F3N5OS. The van der Waals surface area contributed by atoms with Crippen LogP contribution in [0.5, 0.6) is 0 Å². The lowest BCUT2D eigenvalue weighted by Crippen LogP contribution is -2.06. The number of nitrogens with one attached hydrogen (secondary N) is 3. The molecule has 136 valence electrons. The number of thioether (sulfide) groups is 1. The number of alkyl halides is 3. The van der Waals surface area contributed by atoms with Crippen LogP contribution in [-0.4, -0.2) is 27.6 Å². The molecular weight excluding hydrogens is 367 g/mol. The number of aromatic nitrogens is 3. The van der Waals surface area contributed by atoms with Crippen LogP contribution < -0.4 is 10.6 Å². The third-order valence-electron chi connectivity index (χ3n) is 3.58. The number of carbonyl (C=O) groups is 1. The molecule has 1 amide bonds. The highest BCUT2D eigenvalue weighted by Crippen LogP contribution is 2.37. The Labute approximate surface area is 150 Å². The summed E-state index contributed by atoms with van der Waals surface area (Å²) in [5.41, 5.74) is 1.30. The SMILES string of the molecule is CSc1cc(C(F)(F)F)ccc1Nc1cc(NC=O)nc2nc(C)[nH]c12. The van der Waals surface area contributed by atoms with Gasteiger partial charge in [-0.2, -0.15) is 13.2 Å². The predicted molar refractivity (Wildman–Crippen MR) is 94.8 cm³/mol. The first-order valence-corrected chi connectivity index (χ1v) is 8.64. The Morgan fingerprint density at radius 2 is 1.96 bits per heavy atom. The number of H-pyrrole nitrogens is 1. The topological polar surface area (TPSA) is 82.7 Å². The second-order valence-electron chi connectivity index (χ2n) is 5.38. The van der Waals surface area contributed by atoms with Gasteiger partial charge in [0, 0.05) is 11.0 Å². The second-order valence-corrected chi connectivity index (χ2v) is 6.22. The Morgan fingerprint density at radius 1 is 1.19 bits per heavy atom. The molecule has 0 atom stereocenters. The largest absolute Gasteiger partial charge is 0.416 e. The summed E-state index contributed by atoms with van der Waals surface area (Å²) >= 11 is 1.19. The molecule has 26 heavy (non-hydrogen) atoms. The van der Waals surface area contributed by atoms with E-state index < -0.39 is 11.7 Å². The van der Waals surface area contributed by atoms with Gasteiger partial charge in [0.05, 0.1) is 16.9 Å². The molecule has 0 aliphatic rings. The smallest absolute Gasteiger partial charge is 0.353 e. The van der Waals surface area contributed by atoms with Crippen molar-refractivity contribution < 1.29 is 18.0 Å². The van der Waals surface area contributed by atoms with Gasteiger partial charge in [-0.3, -0.25) is 4.79 Å². The van der Waals surface area contributed by atoms with E-state index in [9.17, 15) is 18.0 Å². The summed E-state index contributed by atoms with van der Waals surface area (Å²) in [4.78, 5) is 22.6. The van der Waals surface area contributed by atoms with Gasteiger partial charge in [0.25, 0.3) is 0 Å². The average Bonchev–Trinajstić information content (AvgIpc) is 2.95. The van der Waals surface area contributed by atoms with E-state index in [4.69, 9.17) is 0 Å². The first-order chi connectivity index (χ1) is 12.3. The Morgan fingerprint density at radius 3 is 2.62 bits per heavy atom. The summed E-state index contributed by atoms with van der Waals surface area (Å²) < 4.78 is 38.8. The van der Waals surface area contributed by atoms with Gasteiger partial charge in [-0.05, 0) is 31.4 Å². The number of anilines is 3. The molecule has 0 saturated carbocycles. The zero-order valence-corrected chi connectivity index (χ0v) is 14.5. The minimum Gasteiger partial charge on any atom is -0.353 e. The number of aromatic amines is 1. The first-order valence-electron chi connectivity index (χ1n) is 7.41. The number of hydrogen-bond acceptors (Lipinski definition) is 5. The molecule has 0 unspecified atom stereocenters. The molecule has 10 heteroatoms. The fraction of sp³-hybridized carbons (Fsp3) is 0.188. The summed E-state index contributed by atoms with van der Waals surface area (Å²) in [7, 11) is 0. The molecule has 2 heterocycles. The van der Waals surface area contributed by atoms with Crippen molar-refractivity contribution in [1.29, 1.82) is 0 Å². The summed E-state index contributed by atoms with van der Waals surface area (Å²) in [6.45, 7) is 1.75. The van der Waals surface area contributed by atoms with Crippen molar-refractivity contribution in [3.63, 3.8) is 0 Å². The number of imidazole rings is 1. The van der Waals surface area contributed by atoms with Gasteiger partial charge in [0.1, 0.15) is 17.2 Å². The highest BCUT2D eigenvalue weighted by Gasteiger charge is 2.31. The maximum atomic E-state index is 12.9. The number of fused-ring (bicyclic) bond motifs is 1. The molecule has 2 aromatic heterocycles. The minimum absolute atomic E-state index is 0.277. The van der Waals surface area contributed by atoms with Crippen molar-refractivity contribution in [3.8, 4) is 0 Å². The zero-order chi connectivity index (χ0) is 18.9. The lowest BCUT2D eigenvalue weighted by Gasteiger charge is -2.14. The average molecular weight is 381 g/mol. The lowest BCUT2D eigenvalue weighted by atomic mass is 10.2. The van der Waals surface area contributed by atoms with Gasteiger partial charge in [-0.15, -0.1) is 11.8 Å².